The monoisotopic (exact) mass is 211 g/mol. The summed E-state index contributed by atoms with van der Waals surface area (Å²) in [5.41, 5.74) is -2.04. The van der Waals surface area contributed by atoms with Crippen molar-refractivity contribution < 1.29 is 47.6 Å². The molecule has 0 bridgehead atoms. The van der Waals surface area contributed by atoms with Gasteiger partial charge in [-0.3, -0.25) is 4.98 Å². The van der Waals surface area contributed by atoms with Gasteiger partial charge in [0.2, 0.25) is 0 Å². The molecule has 0 saturated heterocycles. The van der Waals surface area contributed by atoms with E-state index in [9.17, 15) is 13.0 Å². The molecule has 5 nitrogen and oxygen atoms in total. The topological polar surface area (TPSA) is 90.3 Å². The third-order valence-corrected chi connectivity index (χ3v) is 2.06. The normalized spacial score (nSPS) is 13.1. The van der Waals surface area contributed by atoms with Crippen LogP contribution in [0.5, 0.6) is 0 Å². The molecule has 0 radical (unpaired) electrons. The zero-order chi connectivity index (χ0) is 9.19. The Labute approximate surface area is 97.9 Å². The standard InChI is InChI=1S/C6H7NO4S.Na/c8-6(12(9,10)11)5-2-1-3-7-4-5;/h1-4,6,8H,(H,9,10,11);/q;+1/p-1. The smallest absolute Gasteiger partial charge is 0.746 e. The van der Waals surface area contributed by atoms with E-state index in [1.165, 1.54) is 18.3 Å². The van der Waals surface area contributed by atoms with Crippen LogP contribution >= 0.6 is 0 Å². The number of aliphatic hydroxyl groups is 1. The maximum atomic E-state index is 10.3. The first-order chi connectivity index (χ1) is 5.52. The van der Waals surface area contributed by atoms with Crippen molar-refractivity contribution in [2.45, 2.75) is 5.44 Å². The molecular formula is C6H6NNaO4S. The summed E-state index contributed by atoms with van der Waals surface area (Å²) in [6, 6.07) is 2.75. The van der Waals surface area contributed by atoms with Crippen LogP contribution in [0.1, 0.15) is 11.0 Å². The van der Waals surface area contributed by atoms with Crippen LogP contribution in [0.15, 0.2) is 24.5 Å². The van der Waals surface area contributed by atoms with Gasteiger partial charge >= 0.3 is 29.6 Å². The van der Waals surface area contributed by atoms with Crippen LogP contribution in [0.3, 0.4) is 0 Å². The average Bonchev–Trinajstić information content (AvgIpc) is 2.03. The van der Waals surface area contributed by atoms with Gasteiger partial charge in [-0.15, -0.1) is 0 Å². The fourth-order valence-corrected chi connectivity index (χ4v) is 1.16. The predicted octanol–water partition coefficient (Wildman–Crippen LogP) is -3.38. The van der Waals surface area contributed by atoms with Gasteiger partial charge in [0.05, 0.1) is 0 Å². The van der Waals surface area contributed by atoms with E-state index in [1.807, 2.05) is 0 Å². The molecule has 1 unspecified atom stereocenters. The number of aliphatic hydroxyl groups excluding tert-OH is 1. The number of hydrogen-bond acceptors (Lipinski definition) is 5. The van der Waals surface area contributed by atoms with Crippen LogP contribution < -0.4 is 29.6 Å². The van der Waals surface area contributed by atoms with E-state index < -0.39 is 15.6 Å². The van der Waals surface area contributed by atoms with Crippen LogP contribution in [0.25, 0.3) is 0 Å². The molecule has 0 saturated carbocycles. The fraction of sp³-hybridized carbons (Fsp3) is 0.167. The SMILES string of the molecule is O=S(=O)([O-])C(O)c1cccnc1.[Na+]. The molecule has 0 aliphatic heterocycles. The summed E-state index contributed by atoms with van der Waals surface area (Å²) in [6.07, 6.45) is 2.54. The molecule has 1 N–H and O–H groups in total. The molecule has 1 aromatic rings. The number of nitrogens with zero attached hydrogens (tertiary/aromatic N) is 1. The molecule has 0 spiro atoms. The van der Waals surface area contributed by atoms with Crippen LogP contribution in [-0.4, -0.2) is 23.1 Å². The van der Waals surface area contributed by atoms with Crippen molar-refractivity contribution in [1.29, 1.82) is 0 Å². The molecule has 0 aromatic carbocycles. The van der Waals surface area contributed by atoms with Gasteiger partial charge in [0, 0.05) is 18.0 Å². The van der Waals surface area contributed by atoms with Crippen molar-refractivity contribution in [1.82, 2.24) is 4.98 Å². The minimum absolute atomic E-state index is 0. The van der Waals surface area contributed by atoms with E-state index in [0.717, 1.165) is 6.20 Å². The molecule has 1 aromatic heterocycles. The minimum atomic E-state index is -4.69. The summed E-state index contributed by atoms with van der Waals surface area (Å²) in [5.74, 6) is 0. The zero-order valence-electron chi connectivity index (χ0n) is 6.91. The summed E-state index contributed by atoms with van der Waals surface area (Å²) < 4.78 is 30.9. The van der Waals surface area contributed by atoms with Gasteiger partial charge in [-0.1, -0.05) is 6.07 Å². The van der Waals surface area contributed by atoms with Crippen molar-refractivity contribution in [3.8, 4) is 0 Å². The largest absolute Gasteiger partial charge is 1.00 e. The third-order valence-electron chi connectivity index (χ3n) is 1.24. The maximum Gasteiger partial charge on any atom is 1.00 e. The van der Waals surface area contributed by atoms with Gasteiger partial charge in [0.1, 0.15) is 10.1 Å². The Morgan fingerprint density at radius 2 is 2.15 bits per heavy atom. The first-order valence-corrected chi connectivity index (χ1v) is 4.51. The van der Waals surface area contributed by atoms with Crippen molar-refractivity contribution in [2.24, 2.45) is 0 Å². The number of hydrogen-bond donors (Lipinski definition) is 1. The quantitative estimate of drug-likeness (QED) is 0.407. The van der Waals surface area contributed by atoms with Gasteiger partial charge in [0.25, 0.3) is 0 Å². The van der Waals surface area contributed by atoms with Gasteiger partial charge in [0.15, 0.2) is 5.44 Å². The van der Waals surface area contributed by atoms with Crippen LogP contribution in [0.2, 0.25) is 0 Å². The van der Waals surface area contributed by atoms with Crippen molar-refractivity contribution >= 4 is 10.1 Å². The Morgan fingerprint density at radius 1 is 1.54 bits per heavy atom. The van der Waals surface area contributed by atoms with Crippen molar-refractivity contribution in [3.05, 3.63) is 30.1 Å². The fourth-order valence-electron chi connectivity index (χ4n) is 0.689. The van der Waals surface area contributed by atoms with Gasteiger partial charge in [-0.25, -0.2) is 8.42 Å². The second-order valence-corrected chi connectivity index (χ2v) is 3.56. The predicted molar refractivity (Wildman–Crippen MR) is 38.9 cm³/mol. The number of pyridine rings is 1. The van der Waals surface area contributed by atoms with E-state index in [0.29, 0.717) is 0 Å². The second kappa shape index (κ2) is 5.04. The van der Waals surface area contributed by atoms with E-state index in [-0.39, 0.29) is 35.1 Å². The second-order valence-electron chi connectivity index (χ2n) is 2.13. The molecule has 0 aliphatic rings. The molecular weight excluding hydrogens is 205 g/mol. The Kier molecular flexibility index (Phi) is 5.05. The van der Waals surface area contributed by atoms with Crippen molar-refractivity contribution in [3.63, 3.8) is 0 Å². The third kappa shape index (κ3) is 3.72. The molecule has 1 heterocycles. The number of rotatable bonds is 2. The summed E-state index contributed by atoms with van der Waals surface area (Å²) in [4.78, 5) is 3.56. The first kappa shape index (κ1) is 13.0. The molecule has 0 amide bonds. The van der Waals surface area contributed by atoms with Crippen LogP contribution in [0, 0.1) is 0 Å². The minimum Gasteiger partial charge on any atom is -0.746 e. The molecule has 66 valence electrons. The summed E-state index contributed by atoms with van der Waals surface area (Å²) in [5, 5.41) is 8.92. The molecule has 0 aliphatic carbocycles. The molecule has 13 heavy (non-hydrogen) atoms. The van der Waals surface area contributed by atoms with Gasteiger partial charge < -0.3 is 9.66 Å². The van der Waals surface area contributed by atoms with Crippen LogP contribution in [-0.2, 0) is 10.1 Å². The summed E-state index contributed by atoms with van der Waals surface area (Å²) in [7, 11) is -4.69. The first-order valence-electron chi connectivity index (χ1n) is 3.04. The van der Waals surface area contributed by atoms with Crippen LogP contribution in [0.4, 0.5) is 0 Å². The summed E-state index contributed by atoms with van der Waals surface area (Å²) in [6.45, 7) is 0. The Bertz CT molecular complexity index is 352. The van der Waals surface area contributed by atoms with E-state index in [4.69, 9.17) is 5.11 Å². The molecule has 1 atom stereocenters. The van der Waals surface area contributed by atoms with Gasteiger partial charge in [-0.05, 0) is 6.07 Å². The Hall–Kier alpha value is 0.0200. The van der Waals surface area contributed by atoms with E-state index >= 15 is 0 Å². The maximum absolute atomic E-state index is 10.3. The van der Waals surface area contributed by atoms with E-state index in [2.05, 4.69) is 4.98 Å². The summed E-state index contributed by atoms with van der Waals surface area (Å²) >= 11 is 0. The zero-order valence-corrected chi connectivity index (χ0v) is 9.73. The molecule has 7 heteroatoms. The van der Waals surface area contributed by atoms with Gasteiger partial charge in [-0.2, -0.15) is 0 Å². The Balaban J connectivity index is 0.00000144. The Morgan fingerprint density at radius 3 is 2.54 bits per heavy atom. The average molecular weight is 211 g/mol. The molecule has 1 rings (SSSR count). The van der Waals surface area contributed by atoms with E-state index in [1.54, 1.807) is 0 Å². The number of aromatic nitrogens is 1. The molecule has 0 fully saturated rings. The van der Waals surface area contributed by atoms with Crippen molar-refractivity contribution in [2.75, 3.05) is 0 Å².